The Hall–Kier alpha value is -2.62. The molecular weight excluding hydrogens is 264 g/mol. The van der Waals surface area contributed by atoms with E-state index in [9.17, 15) is 9.59 Å². The van der Waals surface area contributed by atoms with Crippen molar-refractivity contribution in [2.75, 3.05) is 5.32 Å². The molecule has 4 nitrogen and oxygen atoms in total. The van der Waals surface area contributed by atoms with E-state index >= 15 is 0 Å². The molecule has 2 rings (SSSR count). The Morgan fingerprint density at radius 2 is 1.76 bits per heavy atom. The van der Waals surface area contributed by atoms with Crippen molar-refractivity contribution in [2.24, 2.45) is 5.73 Å². The molecule has 0 atom stereocenters. The molecule has 0 aliphatic heterocycles. The topological polar surface area (TPSA) is 72.2 Å². The van der Waals surface area contributed by atoms with Gasteiger partial charge in [-0.15, -0.1) is 0 Å². The summed E-state index contributed by atoms with van der Waals surface area (Å²) in [5.74, 6) is -0.677. The van der Waals surface area contributed by atoms with Crippen LogP contribution in [0.15, 0.2) is 48.5 Å². The molecule has 0 heterocycles. The number of carbonyl (C=O) groups excluding carboxylic acids is 2. The second-order valence-corrected chi connectivity index (χ2v) is 4.77. The Morgan fingerprint density at radius 1 is 1.05 bits per heavy atom. The van der Waals surface area contributed by atoms with Crippen LogP contribution in [0.25, 0.3) is 0 Å². The highest BCUT2D eigenvalue weighted by atomic mass is 16.2. The summed E-state index contributed by atoms with van der Waals surface area (Å²) in [5.41, 5.74) is 7.87. The van der Waals surface area contributed by atoms with Gasteiger partial charge in [-0.2, -0.15) is 0 Å². The first-order chi connectivity index (χ1) is 10.1. The van der Waals surface area contributed by atoms with Gasteiger partial charge in [0.05, 0.1) is 0 Å². The molecule has 0 fully saturated rings. The number of primary amides is 1. The van der Waals surface area contributed by atoms with E-state index in [1.807, 2.05) is 25.1 Å². The normalized spacial score (nSPS) is 10.1. The highest BCUT2D eigenvalue weighted by molar-refractivity contribution is 6.05. The molecule has 3 N–H and O–H groups in total. The van der Waals surface area contributed by atoms with Crippen molar-refractivity contribution in [1.29, 1.82) is 0 Å². The number of hydrogen-bond donors (Lipinski definition) is 2. The molecule has 0 radical (unpaired) electrons. The Bertz CT molecular complexity index is 651. The maximum atomic E-state index is 12.2. The van der Waals surface area contributed by atoms with Crippen molar-refractivity contribution in [1.82, 2.24) is 0 Å². The molecule has 0 aromatic heterocycles. The molecule has 108 valence electrons. The lowest BCUT2D eigenvalue weighted by molar-refractivity contribution is 0.0995. The van der Waals surface area contributed by atoms with Gasteiger partial charge in [0.25, 0.3) is 5.91 Å². The zero-order valence-electron chi connectivity index (χ0n) is 11.9. The largest absolute Gasteiger partial charge is 0.366 e. The highest BCUT2D eigenvalue weighted by Crippen LogP contribution is 2.22. The van der Waals surface area contributed by atoms with Gasteiger partial charge in [-0.25, -0.2) is 0 Å². The third-order valence-electron chi connectivity index (χ3n) is 3.23. The van der Waals surface area contributed by atoms with Crippen LogP contribution in [-0.4, -0.2) is 11.8 Å². The smallest absolute Gasteiger partial charge is 0.255 e. The predicted octanol–water partition coefficient (Wildman–Crippen LogP) is 2.99. The molecule has 0 bridgehead atoms. The van der Waals surface area contributed by atoms with E-state index in [0.717, 1.165) is 12.0 Å². The van der Waals surface area contributed by atoms with Crippen LogP contribution in [0.2, 0.25) is 0 Å². The minimum atomic E-state index is -0.478. The first-order valence-corrected chi connectivity index (χ1v) is 6.91. The molecule has 2 amide bonds. The van der Waals surface area contributed by atoms with Crippen LogP contribution in [0.5, 0.6) is 0 Å². The molecule has 0 aliphatic carbocycles. The van der Waals surface area contributed by atoms with Gasteiger partial charge in [-0.1, -0.05) is 37.6 Å². The fourth-order valence-electron chi connectivity index (χ4n) is 2.24. The number of hydrogen-bond acceptors (Lipinski definition) is 2. The van der Waals surface area contributed by atoms with Crippen molar-refractivity contribution < 1.29 is 9.59 Å². The van der Waals surface area contributed by atoms with Crippen LogP contribution < -0.4 is 11.1 Å². The first kappa shape index (κ1) is 14.8. The molecule has 0 spiro atoms. The zero-order chi connectivity index (χ0) is 15.2. The van der Waals surface area contributed by atoms with Crippen molar-refractivity contribution >= 4 is 17.5 Å². The van der Waals surface area contributed by atoms with E-state index < -0.39 is 5.91 Å². The molecule has 4 heteroatoms. The van der Waals surface area contributed by atoms with Crippen LogP contribution in [0.3, 0.4) is 0 Å². The van der Waals surface area contributed by atoms with Crippen LogP contribution in [-0.2, 0) is 6.42 Å². The lowest BCUT2D eigenvalue weighted by atomic mass is 10.00. The minimum Gasteiger partial charge on any atom is -0.366 e. The lowest BCUT2D eigenvalue weighted by Crippen LogP contribution is -2.18. The van der Waals surface area contributed by atoms with Gasteiger partial charge >= 0.3 is 0 Å². The summed E-state index contributed by atoms with van der Waals surface area (Å²) in [5, 5.41) is 2.86. The fourth-order valence-corrected chi connectivity index (χ4v) is 2.24. The monoisotopic (exact) mass is 282 g/mol. The van der Waals surface area contributed by atoms with Crippen molar-refractivity contribution in [2.45, 2.75) is 19.8 Å². The number of carbonyl (C=O) groups is 2. The average Bonchev–Trinajstić information content (AvgIpc) is 2.49. The van der Waals surface area contributed by atoms with Crippen LogP contribution in [0, 0.1) is 0 Å². The number of nitrogens with one attached hydrogen (secondary N) is 1. The number of benzene rings is 2. The molecule has 2 aromatic rings. The van der Waals surface area contributed by atoms with Gasteiger partial charge in [0.15, 0.2) is 0 Å². The van der Waals surface area contributed by atoms with Gasteiger partial charge in [0.2, 0.25) is 5.91 Å². The Kier molecular flexibility index (Phi) is 4.72. The highest BCUT2D eigenvalue weighted by Gasteiger charge is 2.14. The fraction of sp³-hybridized carbons (Fsp3) is 0.176. The summed E-state index contributed by atoms with van der Waals surface area (Å²) in [4.78, 5) is 23.7. The Balaban J connectivity index is 2.33. The third kappa shape index (κ3) is 3.48. The maximum Gasteiger partial charge on any atom is 0.255 e. The van der Waals surface area contributed by atoms with E-state index in [1.54, 1.807) is 30.3 Å². The zero-order valence-corrected chi connectivity index (χ0v) is 11.9. The van der Waals surface area contributed by atoms with Crippen molar-refractivity contribution in [3.8, 4) is 0 Å². The Morgan fingerprint density at radius 3 is 2.38 bits per heavy atom. The van der Waals surface area contributed by atoms with Gasteiger partial charge in [-0.3, -0.25) is 9.59 Å². The second-order valence-electron chi connectivity index (χ2n) is 4.77. The van der Waals surface area contributed by atoms with Crippen molar-refractivity contribution in [3.05, 3.63) is 65.2 Å². The standard InChI is InChI=1S/C17H18N2O2/c1-2-7-13-14(16(18)20)10-6-11-15(13)19-17(21)12-8-4-3-5-9-12/h3-6,8-11H,2,7H2,1H3,(H2,18,20)(H,19,21). The molecular formula is C17H18N2O2. The van der Waals surface area contributed by atoms with E-state index in [1.165, 1.54) is 0 Å². The lowest BCUT2D eigenvalue weighted by Gasteiger charge is -2.13. The van der Waals surface area contributed by atoms with E-state index in [4.69, 9.17) is 5.73 Å². The molecule has 0 saturated carbocycles. The molecule has 21 heavy (non-hydrogen) atoms. The van der Waals surface area contributed by atoms with Crippen molar-refractivity contribution in [3.63, 3.8) is 0 Å². The SMILES string of the molecule is CCCc1c(NC(=O)c2ccccc2)cccc1C(N)=O. The number of anilines is 1. The average molecular weight is 282 g/mol. The second kappa shape index (κ2) is 6.70. The van der Waals surface area contributed by atoms with Gasteiger partial charge < -0.3 is 11.1 Å². The van der Waals surface area contributed by atoms with E-state index in [0.29, 0.717) is 23.2 Å². The summed E-state index contributed by atoms with van der Waals surface area (Å²) >= 11 is 0. The third-order valence-corrected chi connectivity index (χ3v) is 3.23. The number of amides is 2. The summed E-state index contributed by atoms with van der Waals surface area (Å²) in [6.45, 7) is 2.01. The van der Waals surface area contributed by atoms with Crippen LogP contribution in [0.1, 0.15) is 39.6 Å². The summed E-state index contributed by atoms with van der Waals surface area (Å²) in [7, 11) is 0. The quantitative estimate of drug-likeness (QED) is 0.884. The van der Waals surface area contributed by atoms with Crippen LogP contribution in [0.4, 0.5) is 5.69 Å². The van der Waals surface area contributed by atoms with E-state index in [-0.39, 0.29) is 5.91 Å². The first-order valence-electron chi connectivity index (χ1n) is 6.91. The molecule has 2 aromatic carbocycles. The number of nitrogens with two attached hydrogens (primary N) is 1. The Labute approximate surface area is 124 Å². The predicted molar refractivity (Wildman–Crippen MR) is 83.4 cm³/mol. The molecule has 0 saturated heterocycles. The van der Waals surface area contributed by atoms with Gasteiger partial charge in [-0.05, 0) is 36.2 Å². The van der Waals surface area contributed by atoms with Gasteiger partial charge in [0, 0.05) is 16.8 Å². The summed E-state index contributed by atoms with van der Waals surface area (Å²) < 4.78 is 0. The van der Waals surface area contributed by atoms with Gasteiger partial charge in [0.1, 0.15) is 0 Å². The molecule has 0 aliphatic rings. The number of rotatable bonds is 5. The minimum absolute atomic E-state index is 0.199. The summed E-state index contributed by atoms with van der Waals surface area (Å²) in [6.07, 6.45) is 1.54. The maximum absolute atomic E-state index is 12.2. The molecule has 0 unspecified atom stereocenters. The summed E-state index contributed by atoms with van der Waals surface area (Å²) in [6, 6.07) is 14.2. The van der Waals surface area contributed by atoms with E-state index in [2.05, 4.69) is 5.32 Å². The van der Waals surface area contributed by atoms with Crippen LogP contribution >= 0.6 is 0 Å².